The van der Waals surface area contributed by atoms with Gasteiger partial charge >= 0.3 is 0 Å². The predicted molar refractivity (Wildman–Crippen MR) is 268 cm³/mol. The number of benzene rings is 8. The minimum absolute atomic E-state index is 0.253. The Bertz CT molecular complexity index is 2810. The molecule has 310 valence electrons. The van der Waals surface area contributed by atoms with E-state index in [0.717, 1.165) is 58.3 Å². The highest BCUT2D eigenvalue weighted by Gasteiger charge is 2.22. The average molecular weight is 818 g/mol. The molecule has 1 aliphatic carbocycles. The summed E-state index contributed by atoms with van der Waals surface area (Å²) < 4.78 is 0. The van der Waals surface area contributed by atoms with Gasteiger partial charge in [-0.25, -0.2) is 0 Å². The highest BCUT2D eigenvalue weighted by Crippen LogP contribution is 2.42. The van der Waals surface area contributed by atoms with E-state index in [1.54, 1.807) is 0 Å². The molecule has 0 amide bonds. The molecular formula is C60H55N3. The summed E-state index contributed by atoms with van der Waals surface area (Å²) in [6, 6.07) is 77.3. The van der Waals surface area contributed by atoms with Crippen molar-refractivity contribution >= 4 is 45.5 Å². The molecule has 3 nitrogen and oxygen atoms in total. The Kier molecular flexibility index (Phi) is 12.2. The van der Waals surface area contributed by atoms with Crippen LogP contribution in [-0.2, 0) is 6.42 Å². The summed E-state index contributed by atoms with van der Waals surface area (Å²) >= 11 is 0. The molecule has 0 fully saturated rings. The van der Waals surface area contributed by atoms with Gasteiger partial charge in [-0.15, -0.1) is 0 Å². The summed E-state index contributed by atoms with van der Waals surface area (Å²) in [4.78, 5) is 7.14. The molecule has 8 aromatic carbocycles. The fourth-order valence-electron chi connectivity index (χ4n) is 9.18. The van der Waals surface area contributed by atoms with Crippen molar-refractivity contribution in [2.75, 3.05) is 14.7 Å². The third kappa shape index (κ3) is 9.44. The fourth-order valence-corrected chi connectivity index (χ4v) is 9.18. The van der Waals surface area contributed by atoms with E-state index >= 15 is 0 Å². The van der Waals surface area contributed by atoms with Gasteiger partial charge in [-0.3, -0.25) is 0 Å². The molecule has 0 heterocycles. The van der Waals surface area contributed by atoms with Crippen LogP contribution in [0.25, 0.3) is 0 Å². The van der Waals surface area contributed by atoms with E-state index in [4.69, 9.17) is 0 Å². The Morgan fingerprint density at radius 1 is 0.413 bits per heavy atom. The first-order chi connectivity index (χ1) is 30.9. The van der Waals surface area contributed by atoms with Crippen molar-refractivity contribution in [2.24, 2.45) is 5.92 Å². The molecule has 2 atom stereocenters. The molecule has 0 bridgehead atoms. The molecule has 8 aromatic rings. The lowest BCUT2D eigenvalue weighted by Gasteiger charge is -2.32. The molecule has 0 N–H and O–H groups in total. The van der Waals surface area contributed by atoms with Crippen molar-refractivity contribution in [3.8, 4) is 0 Å². The monoisotopic (exact) mass is 817 g/mol. The molecule has 0 unspecified atom stereocenters. The minimum Gasteiger partial charge on any atom is -0.314 e. The second-order valence-corrected chi connectivity index (χ2v) is 17.0. The van der Waals surface area contributed by atoms with Gasteiger partial charge in [0.1, 0.15) is 0 Å². The Morgan fingerprint density at radius 3 is 1.35 bits per heavy atom. The highest BCUT2D eigenvalue weighted by molar-refractivity contribution is 5.82. The zero-order chi connectivity index (χ0) is 43.1. The van der Waals surface area contributed by atoms with Gasteiger partial charge in [0.25, 0.3) is 0 Å². The number of nitrogens with zero attached hydrogens (tertiary/aromatic N) is 3. The molecule has 63 heavy (non-hydrogen) atoms. The largest absolute Gasteiger partial charge is 0.314 e. The second kappa shape index (κ2) is 18.7. The van der Waals surface area contributed by atoms with Gasteiger partial charge in [-0.1, -0.05) is 139 Å². The van der Waals surface area contributed by atoms with Crippen LogP contribution in [0.3, 0.4) is 0 Å². The van der Waals surface area contributed by atoms with Crippen molar-refractivity contribution in [1.82, 2.24) is 0 Å². The number of aryl methyl sites for hydroxylation is 2. The van der Waals surface area contributed by atoms with Crippen LogP contribution in [0.1, 0.15) is 54.0 Å². The summed E-state index contributed by atoms with van der Waals surface area (Å²) in [6.45, 7) is 8.85. The summed E-state index contributed by atoms with van der Waals surface area (Å²) in [6.07, 6.45) is 6.60. The maximum absolute atomic E-state index is 2.42. The molecule has 0 aromatic heterocycles. The molecule has 1 aliphatic rings. The van der Waals surface area contributed by atoms with Crippen molar-refractivity contribution < 1.29 is 0 Å². The van der Waals surface area contributed by atoms with Crippen LogP contribution in [0.2, 0.25) is 0 Å². The van der Waals surface area contributed by atoms with Gasteiger partial charge in [0, 0.05) is 57.1 Å². The van der Waals surface area contributed by atoms with Crippen LogP contribution in [0.5, 0.6) is 0 Å². The van der Waals surface area contributed by atoms with Gasteiger partial charge in [-0.05, 0) is 165 Å². The van der Waals surface area contributed by atoms with Gasteiger partial charge in [-0.2, -0.15) is 0 Å². The van der Waals surface area contributed by atoms with Crippen LogP contribution < -0.4 is 14.7 Å². The molecule has 9 rings (SSSR count). The summed E-state index contributed by atoms with van der Waals surface area (Å²) in [7, 11) is 0. The van der Waals surface area contributed by atoms with Gasteiger partial charge < -0.3 is 14.7 Å². The van der Waals surface area contributed by atoms with E-state index in [1.165, 1.54) is 39.1 Å². The first kappa shape index (κ1) is 41.0. The zero-order valence-corrected chi connectivity index (χ0v) is 36.8. The Hall–Kier alpha value is -7.36. The Balaban J connectivity index is 1.10. The molecule has 0 saturated heterocycles. The number of para-hydroxylation sites is 2. The van der Waals surface area contributed by atoms with Crippen molar-refractivity contribution in [2.45, 2.75) is 46.5 Å². The number of anilines is 8. The van der Waals surface area contributed by atoms with Gasteiger partial charge in [0.2, 0.25) is 0 Å². The lowest BCUT2D eigenvalue weighted by atomic mass is 9.85. The number of hydrogen-bond donors (Lipinski definition) is 0. The van der Waals surface area contributed by atoms with Crippen LogP contribution in [0.4, 0.5) is 45.5 Å². The minimum atomic E-state index is 0.253. The smallest absolute Gasteiger partial charge is 0.0464 e. The second-order valence-electron chi connectivity index (χ2n) is 17.0. The van der Waals surface area contributed by atoms with E-state index in [-0.39, 0.29) is 5.92 Å². The number of hydrogen-bond acceptors (Lipinski definition) is 3. The van der Waals surface area contributed by atoms with Crippen molar-refractivity contribution in [3.63, 3.8) is 0 Å². The van der Waals surface area contributed by atoms with Gasteiger partial charge in [0.05, 0.1) is 0 Å². The van der Waals surface area contributed by atoms with Crippen LogP contribution >= 0.6 is 0 Å². The Morgan fingerprint density at radius 2 is 0.825 bits per heavy atom. The third-order valence-electron chi connectivity index (χ3n) is 12.1. The van der Waals surface area contributed by atoms with E-state index in [0.29, 0.717) is 5.92 Å². The maximum atomic E-state index is 2.42. The predicted octanol–water partition coefficient (Wildman–Crippen LogP) is 16.6. The molecular weight excluding hydrogens is 763 g/mol. The van der Waals surface area contributed by atoms with Crippen LogP contribution in [0.15, 0.2) is 236 Å². The summed E-state index contributed by atoms with van der Waals surface area (Å²) in [5.41, 5.74) is 18.0. The van der Waals surface area contributed by atoms with Crippen LogP contribution in [-0.4, -0.2) is 0 Å². The first-order valence-corrected chi connectivity index (χ1v) is 22.2. The van der Waals surface area contributed by atoms with Crippen molar-refractivity contribution in [3.05, 3.63) is 264 Å². The first-order valence-electron chi connectivity index (χ1n) is 22.2. The highest BCUT2D eigenvalue weighted by atomic mass is 15.2. The van der Waals surface area contributed by atoms with E-state index in [2.05, 4.69) is 267 Å². The van der Waals surface area contributed by atoms with Crippen molar-refractivity contribution in [1.29, 1.82) is 0 Å². The molecule has 0 spiro atoms. The van der Waals surface area contributed by atoms with E-state index < -0.39 is 0 Å². The molecule has 0 saturated carbocycles. The van der Waals surface area contributed by atoms with Gasteiger partial charge in [0.15, 0.2) is 0 Å². The molecule has 0 radical (unpaired) electrons. The van der Waals surface area contributed by atoms with E-state index in [9.17, 15) is 0 Å². The fraction of sp³-hybridized carbons (Fsp3) is 0.133. The SMILES string of the molecule is CC1=C[C@H](C)CC(N(c2ccccc2)c2ccc(N(c3ccc(C[C@@H](c4ccccc4)c4cccc(C)c4)cc3)c3ccc(N(c4ccccc4)c4cccc(C)c4)cc3)cc2)=C1. The Labute approximate surface area is 374 Å². The molecule has 0 aliphatic heterocycles. The van der Waals surface area contributed by atoms with E-state index in [1.807, 2.05) is 0 Å². The summed E-state index contributed by atoms with van der Waals surface area (Å²) in [5, 5.41) is 0. The maximum Gasteiger partial charge on any atom is 0.0464 e. The number of rotatable bonds is 13. The topological polar surface area (TPSA) is 9.72 Å². The lowest BCUT2D eigenvalue weighted by Crippen LogP contribution is -2.20. The number of allylic oxidation sites excluding steroid dienone is 4. The molecule has 3 heteroatoms. The average Bonchev–Trinajstić information content (AvgIpc) is 3.31. The zero-order valence-electron chi connectivity index (χ0n) is 36.8. The van der Waals surface area contributed by atoms with Crippen LogP contribution in [0, 0.1) is 19.8 Å². The lowest BCUT2D eigenvalue weighted by molar-refractivity contribution is 0.689. The standard InChI is InChI=1S/C60H55N3/c1-44-16-14-20-50(39-44)60(49-18-8-5-9-19-49)43-48-26-28-53(29-27-48)61(54-30-34-56(35-31-54)62(51-21-10-6-11-22-51)58-25-15-17-45(2)40-58)55-32-36-57(37-33-55)63(52-23-12-7-13-24-52)59-41-46(3)38-47(4)42-59/h5-41,47,60H,42-43H2,1-4H3/t47-,60-/m0/s1. The normalized spacial score (nSPS) is 14.0. The quantitative estimate of drug-likeness (QED) is 0.115. The summed E-state index contributed by atoms with van der Waals surface area (Å²) in [5.74, 6) is 0.726. The third-order valence-corrected chi connectivity index (χ3v) is 12.1.